The predicted octanol–water partition coefficient (Wildman–Crippen LogP) is 3.19. The predicted molar refractivity (Wildman–Crippen MR) is 56.3 cm³/mol. The number of ether oxygens (including phenoxy) is 1. The molecule has 0 radical (unpaired) electrons. The molecule has 100 valence electrons. The maximum atomic E-state index is 12.4. The van der Waals surface area contributed by atoms with E-state index in [1.807, 2.05) is 6.92 Å². The Hall–Kier alpha value is -1.86. The van der Waals surface area contributed by atoms with Crippen molar-refractivity contribution in [2.24, 2.45) is 0 Å². The van der Waals surface area contributed by atoms with Gasteiger partial charge in [0, 0.05) is 12.3 Å². The van der Waals surface area contributed by atoms with E-state index in [0.717, 1.165) is 6.42 Å². The normalized spacial score (nSPS) is 11.3. The van der Waals surface area contributed by atoms with E-state index in [4.69, 9.17) is 4.74 Å². The second-order valence-electron chi connectivity index (χ2n) is 3.51. The largest absolute Gasteiger partial charge is 0.473 e. The van der Waals surface area contributed by atoms with Gasteiger partial charge < -0.3 is 4.74 Å². The van der Waals surface area contributed by atoms with E-state index < -0.39 is 22.4 Å². The van der Waals surface area contributed by atoms with Crippen LogP contribution in [0.4, 0.5) is 18.9 Å². The van der Waals surface area contributed by atoms with E-state index >= 15 is 0 Å². The van der Waals surface area contributed by atoms with Gasteiger partial charge in [0.1, 0.15) is 0 Å². The van der Waals surface area contributed by atoms with Crippen LogP contribution in [0.3, 0.4) is 0 Å². The van der Waals surface area contributed by atoms with Crippen molar-refractivity contribution >= 4 is 5.69 Å². The molecule has 1 heterocycles. The van der Waals surface area contributed by atoms with Gasteiger partial charge in [-0.2, -0.15) is 13.2 Å². The van der Waals surface area contributed by atoms with E-state index in [9.17, 15) is 23.3 Å². The SMILES string of the molecule is CCCCOc1ncc(C(F)(F)F)cc1[N+](=O)[O-]. The fourth-order valence-corrected chi connectivity index (χ4v) is 1.15. The van der Waals surface area contributed by atoms with E-state index in [0.29, 0.717) is 18.7 Å². The summed E-state index contributed by atoms with van der Waals surface area (Å²) < 4.78 is 42.1. The van der Waals surface area contributed by atoms with Gasteiger partial charge in [-0.1, -0.05) is 13.3 Å². The van der Waals surface area contributed by atoms with Gasteiger partial charge in [-0.3, -0.25) is 10.1 Å². The van der Waals surface area contributed by atoms with Crippen LogP contribution in [0.25, 0.3) is 0 Å². The van der Waals surface area contributed by atoms with E-state index in [1.54, 1.807) is 0 Å². The summed E-state index contributed by atoms with van der Waals surface area (Å²) in [6.45, 7) is 2.06. The molecule has 1 aromatic heterocycles. The van der Waals surface area contributed by atoms with E-state index in [1.165, 1.54) is 0 Å². The minimum absolute atomic E-state index is 0.176. The molecule has 0 saturated heterocycles. The van der Waals surface area contributed by atoms with E-state index in [2.05, 4.69) is 4.98 Å². The Morgan fingerprint density at radius 3 is 2.67 bits per heavy atom. The van der Waals surface area contributed by atoms with Gasteiger partial charge in [0.05, 0.1) is 17.1 Å². The highest BCUT2D eigenvalue weighted by molar-refractivity contribution is 5.43. The van der Waals surface area contributed by atoms with Crippen LogP contribution in [0.15, 0.2) is 12.3 Å². The first-order valence-electron chi connectivity index (χ1n) is 5.20. The average molecular weight is 264 g/mol. The molecule has 1 aromatic rings. The summed E-state index contributed by atoms with van der Waals surface area (Å²) in [7, 11) is 0. The van der Waals surface area contributed by atoms with Crippen molar-refractivity contribution in [1.82, 2.24) is 4.98 Å². The lowest BCUT2D eigenvalue weighted by Gasteiger charge is -2.08. The number of pyridine rings is 1. The Bertz CT molecular complexity index is 435. The second kappa shape index (κ2) is 5.65. The first kappa shape index (κ1) is 14.2. The van der Waals surface area contributed by atoms with Crippen molar-refractivity contribution < 1.29 is 22.8 Å². The second-order valence-corrected chi connectivity index (χ2v) is 3.51. The maximum Gasteiger partial charge on any atom is 0.418 e. The Labute approximate surface area is 101 Å². The molecule has 0 aliphatic heterocycles. The van der Waals surface area contributed by atoms with Crippen molar-refractivity contribution in [3.8, 4) is 5.88 Å². The third-order valence-electron chi connectivity index (χ3n) is 2.09. The van der Waals surface area contributed by atoms with Crippen LogP contribution >= 0.6 is 0 Å². The van der Waals surface area contributed by atoms with Crippen LogP contribution in [0.1, 0.15) is 25.3 Å². The number of nitrogens with zero attached hydrogens (tertiary/aromatic N) is 2. The lowest BCUT2D eigenvalue weighted by atomic mass is 10.2. The summed E-state index contributed by atoms with van der Waals surface area (Å²) in [4.78, 5) is 13.1. The van der Waals surface area contributed by atoms with Crippen LogP contribution in [-0.4, -0.2) is 16.5 Å². The van der Waals surface area contributed by atoms with Gasteiger partial charge in [-0.15, -0.1) is 0 Å². The number of alkyl halides is 3. The third-order valence-corrected chi connectivity index (χ3v) is 2.09. The summed E-state index contributed by atoms with van der Waals surface area (Å²) >= 11 is 0. The monoisotopic (exact) mass is 264 g/mol. The van der Waals surface area contributed by atoms with Crippen LogP contribution in [0.2, 0.25) is 0 Å². The minimum Gasteiger partial charge on any atom is -0.473 e. The first-order chi connectivity index (χ1) is 8.36. The highest BCUT2D eigenvalue weighted by Crippen LogP contribution is 2.34. The number of hydrogen-bond donors (Lipinski definition) is 0. The molecule has 8 heteroatoms. The lowest BCUT2D eigenvalue weighted by Crippen LogP contribution is -2.08. The minimum atomic E-state index is -4.67. The molecule has 0 saturated carbocycles. The Morgan fingerprint density at radius 2 is 2.17 bits per heavy atom. The summed E-state index contributed by atoms with van der Waals surface area (Å²) in [6, 6.07) is 0.425. The van der Waals surface area contributed by atoms with Gasteiger partial charge >= 0.3 is 11.9 Å². The number of halogens is 3. The number of unbranched alkanes of at least 4 members (excludes halogenated alkanes) is 1. The van der Waals surface area contributed by atoms with Crippen molar-refractivity contribution in [3.63, 3.8) is 0 Å². The van der Waals surface area contributed by atoms with Crippen molar-refractivity contribution in [1.29, 1.82) is 0 Å². The van der Waals surface area contributed by atoms with Crippen LogP contribution in [-0.2, 0) is 6.18 Å². The third kappa shape index (κ3) is 3.57. The molecule has 0 unspecified atom stereocenters. The number of hydrogen-bond acceptors (Lipinski definition) is 4. The number of rotatable bonds is 5. The van der Waals surface area contributed by atoms with E-state index in [-0.39, 0.29) is 12.5 Å². The summed E-state index contributed by atoms with van der Waals surface area (Å²) in [6.07, 6.45) is -2.71. The molecule has 0 bridgehead atoms. The molecule has 0 spiro atoms. The molecule has 1 rings (SSSR count). The number of nitro groups is 1. The summed E-state index contributed by atoms with van der Waals surface area (Å²) in [5.41, 5.74) is -1.95. The quantitative estimate of drug-likeness (QED) is 0.465. The molecular weight excluding hydrogens is 253 g/mol. The topological polar surface area (TPSA) is 65.3 Å². The Morgan fingerprint density at radius 1 is 1.50 bits per heavy atom. The molecule has 0 aromatic carbocycles. The fourth-order valence-electron chi connectivity index (χ4n) is 1.15. The molecular formula is C10H11F3N2O3. The standard InChI is InChI=1S/C10H11F3N2O3/c1-2-3-4-18-9-8(15(16)17)5-7(6-14-9)10(11,12)13/h5-6H,2-4H2,1H3. The van der Waals surface area contributed by atoms with Crippen molar-refractivity contribution in [2.45, 2.75) is 25.9 Å². The molecule has 0 fully saturated rings. The zero-order valence-electron chi connectivity index (χ0n) is 9.53. The smallest absolute Gasteiger partial charge is 0.418 e. The molecule has 5 nitrogen and oxygen atoms in total. The van der Waals surface area contributed by atoms with Crippen LogP contribution < -0.4 is 4.74 Å². The molecule has 18 heavy (non-hydrogen) atoms. The van der Waals surface area contributed by atoms with Gasteiger partial charge in [-0.05, 0) is 6.42 Å². The number of aromatic nitrogens is 1. The lowest BCUT2D eigenvalue weighted by molar-refractivity contribution is -0.386. The molecule has 0 aliphatic carbocycles. The fraction of sp³-hybridized carbons (Fsp3) is 0.500. The van der Waals surface area contributed by atoms with Crippen LogP contribution in [0, 0.1) is 10.1 Å². The molecule has 0 atom stereocenters. The van der Waals surface area contributed by atoms with Crippen molar-refractivity contribution in [2.75, 3.05) is 6.61 Å². The molecule has 0 aliphatic rings. The average Bonchev–Trinajstić information content (AvgIpc) is 2.28. The highest BCUT2D eigenvalue weighted by atomic mass is 19.4. The Balaban J connectivity index is 3.01. The maximum absolute atomic E-state index is 12.4. The van der Waals surface area contributed by atoms with Gasteiger partial charge in [0.15, 0.2) is 0 Å². The van der Waals surface area contributed by atoms with Gasteiger partial charge in [0.2, 0.25) is 0 Å². The zero-order chi connectivity index (χ0) is 13.8. The van der Waals surface area contributed by atoms with Gasteiger partial charge in [0.25, 0.3) is 5.88 Å². The Kier molecular flexibility index (Phi) is 4.46. The first-order valence-corrected chi connectivity index (χ1v) is 5.20. The molecule has 0 amide bonds. The van der Waals surface area contributed by atoms with Crippen LogP contribution in [0.5, 0.6) is 5.88 Å². The molecule has 0 N–H and O–H groups in total. The van der Waals surface area contributed by atoms with Gasteiger partial charge in [-0.25, -0.2) is 4.98 Å². The summed E-state index contributed by atoms with van der Waals surface area (Å²) in [5, 5.41) is 10.7. The summed E-state index contributed by atoms with van der Waals surface area (Å²) in [5.74, 6) is -0.388. The van der Waals surface area contributed by atoms with Crippen molar-refractivity contribution in [3.05, 3.63) is 27.9 Å². The zero-order valence-corrected chi connectivity index (χ0v) is 9.53. The highest BCUT2D eigenvalue weighted by Gasteiger charge is 2.34.